The highest BCUT2D eigenvalue weighted by Gasteiger charge is 2.22. The van der Waals surface area contributed by atoms with Crippen molar-refractivity contribution in [3.05, 3.63) is 76.0 Å². The third-order valence-corrected chi connectivity index (χ3v) is 5.81. The van der Waals surface area contributed by atoms with Crippen molar-refractivity contribution in [2.24, 2.45) is 0 Å². The summed E-state index contributed by atoms with van der Waals surface area (Å²) in [5, 5.41) is 10.5. The lowest BCUT2D eigenvalue weighted by molar-refractivity contribution is 0.247. The zero-order chi connectivity index (χ0) is 22.5. The summed E-state index contributed by atoms with van der Waals surface area (Å²) >= 11 is 0. The molecule has 0 saturated heterocycles. The molecular formula is C24H29N5O3. The molecule has 2 amide bonds. The number of hydrogen-bond acceptors (Lipinski definition) is 4. The molecule has 32 heavy (non-hydrogen) atoms. The molecular weight excluding hydrogens is 406 g/mol. The number of nitrogens with one attached hydrogen (secondary N) is 2. The van der Waals surface area contributed by atoms with E-state index in [0.29, 0.717) is 25.9 Å². The number of aryl methyl sites for hydroxylation is 2. The van der Waals surface area contributed by atoms with Crippen LogP contribution < -0.4 is 21.1 Å². The monoisotopic (exact) mass is 435 g/mol. The van der Waals surface area contributed by atoms with Crippen molar-refractivity contribution in [1.29, 1.82) is 0 Å². The highest BCUT2D eigenvalue weighted by molar-refractivity contribution is 5.89. The van der Waals surface area contributed by atoms with Crippen LogP contribution in [0.4, 0.5) is 10.5 Å². The molecule has 1 atom stereocenters. The van der Waals surface area contributed by atoms with Gasteiger partial charge in [0.25, 0.3) is 0 Å². The van der Waals surface area contributed by atoms with Crippen molar-refractivity contribution in [2.75, 3.05) is 12.4 Å². The Morgan fingerprint density at radius 3 is 2.78 bits per heavy atom. The van der Waals surface area contributed by atoms with Crippen LogP contribution in [0.1, 0.15) is 36.7 Å². The van der Waals surface area contributed by atoms with Gasteiger partial charge in [0.05, 0.1) is 13.7 Å². The van der Waals surface area contributed by atoms with Gasteiger partial charge in [0, 0.05) is 24.7 Å². The van der Waals surface area contributed by atoms with E-state index in [1.54, 1.807) is 11.7 Å². The van der Waals surface area contributed by atoms with E-state index < -0.39 is 0 Å². The van der Waals surface area contributed by atoms with Gasteiger partial charge < -0.3 is 15.4 Å². The number of hydrogen-bond donors (Lipinski definition) is 2. The van der Waals surface area contributed by atoms with Gasteiger partial charge in [-0.3, -0.25) is 4.57 Å². The summed E-state index contributed by atoms with van der Waals surface area (Å²) in [6, 6.07) is 15.2. The van der Waals surface area contributed by atoms with Crippen molar-refractivity contribution in [1.82, 2.24) is 19.7 Å². The van der Waals surface area contributed by atoms with E-state index in [9.17, 15) is 9.59 Å². The molecule has 0 fully saturated rings. The molecule has 3 aromatic rings. The Bertz CT molecular complexity index is 1150. The minimum absolute atomic E-state index is 0.0164. The quantitative estimate of drug-likeness (QED) is 0.622. The topological polar surface area (TPSA) is 90.2 Å². The number of aromatic nitrogens is 3. The number of anilines is 1. The number of nitrogens with zero attached hydrogens (tertiary/aromatic N) is 3. The molecule has 4 rings (SSSR count). The molecule has 2 aromatic carbocycles. The zero-order valence-corrected chi connectivity index (χ0v) is 18.5. The molecule has 8 heteroatoms. The zero-order valence-electron chi connectivity index (χ0n) is 18.5. The van der Waals surface area contributed by atoms with Crippen LogP contribution in [0.5, 0.6) is 5.75 Å². The highest BCUT2D eigenvalue weighted by atomic mass is 16.5. The number of carbonyl (C=O) groups is 1. The molecule has 1 unspecified atom stereocenters. The number of urea groups is 1. The Labute approximate surface area is 187 Å². The van der Waals surface area contributed by atoms with Crippen LogP contribution in [-0.4, -0.2) is 33.5 Å². The smallest absolute Gasteiger partial charge is 0.346 e. The van der Waals surface area contributed by atoms with Gasteiger partial charge in [-0.15, -0.1) is 0 Å². The molecule has 2 N–H and O–H groups in total. The first kappa shape index (κ1) is 21.7. The first-order chi connectivity index (χ1) is 15.6. The number of benzene rings is 2. The van der Waals surface area contributed by atoms with E-state index in [2.05, 4.69) is 22.7 Å². The molecule has 0 bridgehead atoms. The molecule has 1 aliphatic rings. The summed E-state index contributed by atoms with van der Waals surface area (Å²) in [6.45, 7) is 3.01. The molecule has 1 aliphatic heterocycles. The Morgan fingerprint density at radius 1 is 1.16 bits per heavy atom. The maximum Gasteiger partial charge on any atom is 0.346 e. The summed E-state index contributed by atoms with van der Waals surface area (Å²) in [6.07, 6.45) is 2.97. The molecule has 0 aliphatic carbocycles. The molecule has 0 saturated carbocycles. The number of rotatable bonds is 6. The van der Waals surface area contributed by atoms with Gasteiger partial charge >= 0.3 is 11.7 Å². The van der Waals surface area contributed by atoms with E-state index in [1.165, 1.54) is 10.2 Å². The minimum atomic E-state index is -0.224. The van der Waals surface area contributed by atoms with Gasteiger partial charge in [0.1, 0.15) is 11.6 Å². The minimum Gasteiger partial charge on any atom is -0.497 e. The summed E-state index contributed by atoms with van der Waals surface area (Å²) in [7, 11) is 1.62. The number of amides is 2. The second-order valence-electron chi connectivity index (χ2n) is 8.04. The maximum atomic E-state index is 12.9. The van der Waals surface area contributed by atoms with Crippen molar-refractivity contribution in [3.8, 4) is 5.75 Å². The van der Waals surface area contributed by atoms with E-state index in [1.807, 2.05) is 48.5 Å². The number of carbonyl (C=O) groups excluding carboxylic acids is 1. The van der Waals surface area contributed by atoms with Crippen LogP contribution in [0.3, 0.4) is 0 Å². The van der Waals surface area contributed by atoms with Gasteiger partial charge in [-0.1, -0.05) is 31.2 Å². The second-order valence-corrected chi connectivity index (χ2v) is 8.04. The average Bonchev–Trinajstić information content (AvgIpc) is 2.96. The van der Waals surface area contributed by atoms with Crippen LogP contribution in [-0.2, 0) is 25.9 Å². The fraction of sp³-hybridized carbons (Fsp3) is 0.375. The third kappa shape index (κ3) is 5.01. The maximum absolute atomic E-state index is 12.9. The van der Waals surface area contributed by atoms with Gasteiger partial charge in [0.15, 0.2) is 0 Å². The van der Waals surface area contributed by atoms with Crippen LogP contribution in [0.25, 0.3) is 0 Å². The average molecular weight is 436 g/mol. The predicted octanol–water partition coefficient (Wildman–Crippen LogP) is 3.19. The molecule has 2 heterocycles. The van der Waals surface area contributed by atoms with Crippen molar-refractivity contribution < 1.29 is 9.53 Å². The summed E-state index contributed by atoms with van der Waals surface area (Å²) < 4.78 is 8.49. The molecule has 168 valence electrons. The second kappa shape index (κ2) is 9.72. The van der Waals surface area contributed by atoms with Gasteiger partial charge in [-0.05, 0) is 54.7 Å². The summed E-state index contributed by atoms with van der Waals surface area (Å²) in [5.74, 6) is 1.52. The van der Waals surface area contributed by atoms with E-state index in [-0.39, 0.29) is 17.8 Å². The van der Waals surface area contributed by atoms with Crippen molar-refractivity contribution in [3.63, 3.8) is 0 Å². The lowest BCUT2D eigenvalue weighted by Crippen LogP contribution is -2.38. The first-order valence-corrected chi connectivity index (χ1v) is 11.0. The molecule has 0 spiro atoms. The summed E-state index contributed by atoms with van der Waals surface area (Å²) in [5.41, 5.74) is 2.80. The fourth-order valence-corrected chi connectivity index (χ4v) is 4.04. The fourth-order valence-electron chi connectivity index (χ4n) is 4.04. The summed E-state index contributed by atoms with van der Waals surface area (Å²) in [4.78, 5) is 25.3. The number of methoxy groups -OCH3 is 1. The first-order valence-electron chi connectivity index (χ1n) is 11.0. The van der Waals surface area contributed by atoms with Crippen LogP contribution in [0.2, 0.25) is 0 Å². The predicted molar refractivity (Wildman–Crippen MR) is 123 cm³/mol. The SMILES string of the molecule is CCc1cccc(NC(=O)NC2CCc3nn(Cc4cccc(OC)c4)c(=O)n3CC2)c1. The van der Waals surface area contributed by atoms with Crippen molar-refractivity contribution in [2.45, 2.75) is 51.7 Å². The normalized spacial score (nSPS) is 15.5. The van der Waals surface area contributed by atoms with Crippen LogP contribution in [0.15, 0.2) is 53.3 Å². The van der Waals surface area contributed by atoms with E-state index in [0.717, 1.165) is 35.7 Å². The lowest BCUT2D eigenvalue weighted by atomic mass is 10.1. The Hall–Kier alpha value is -3.55. The van der Waals surface area contributed by atoms with Gasteiger partial charge in [-0.25, -0.2) is 14.3 Å². The highest BCUT2D eigenvalue weighted by Crippen LogP contribution is 2.16. The van der Waals surface area contributed by atoms with Gasteiger partial charge in [0.2, 0.25) is 0 Å². The number of ether oxygens (including phenoxy) is 1. The van der Waals surface area contributed by atoms with Crippen LogP contribution in [0, 0.1) is 0 Å². The van der Waals surface area contributed by atoms with Crippen LogP contribution >= 0.6 is 0 Å². The molecule has 1 aromatic heterocycles. The standard InChI is InChI=1S/C24H29N5O3/c1-3-17-6-4-8-20(14-17)26-23(30)25-19-10-11-22-27-29(24(31)28(22)13-12-19)16-18-7-5-9-21(15-18)32-2/h4-9,14-15,19H,3,10-13,16H2,1-2H3,(H2,25,26,30). The van der Waals surface area contributed by atoms with Crippen molar-refractivity contribution >= 4 is 11.7 Å². The van der Waals surface area contributed by atoms with E-state index in [4.69, 9.17) is 4.74 Å². The Morgan fingerprint density at radius 2 is 1.97 bits per heavy atom. The molecule has 8 nitrogen and oxygen atoms in total. The largest absolute Gasteiger partial charge is 0.497 e. The molecule has 0 radical (unpaired) electrons. The van der Waals surface area contributed by atoms with Gasteiger partial charge in [-0.2, -0.15) is 5.10 Å². The number of fused-ring (bicyclic) bond motifs is 1. The Kier molecular flexibility index (Phi) is 6.58. The lowest BCUT2D eigenvalue weighted by Gasteiger charge is -2.17. The van der Waals surface area contributed by atoms with E-state index >= 15 is 0 Å². The Balaban J connectivity index is 1.37. The third-order valence-electron chi connectivity index (χ3n) is 5.81.